The molecule has 0 spiro atoms. The number of aliphatic hydroxyl groups is 1. The zero-order valence-corrected chi connectivity index (χ0v) is 10.7. The zero-order chi connectivity index (χ0) is 13.0. The number of nitrogens with zero attached hydrogens (tertiary/aromatic N) is 2. The molecule has 4 heteroatoms. The van der Waals surface area contributed by atoms with Crippen LogP contribution in [0.5, 0.6) is 5.75 Å². The van der Waals surface area contributed by atoms with Crippen molar-refractivity contribution in [1.82, 2.24) is 9.55 Å². The number of aromatic nitrogens is 2. The van der Waals surface area contributed by atoms with E-state index in [-0.39, 0.29) is 0 Å². The van der Waals surface area contributed by atoms with E-state index in [2.05, 4.69) is 11.9 Å². The van der Waals surface area contributed by atoms with Crippen molar-refractivity contribution in [1.29, 1.82) is 0 Å². The highest BCUT2D eigenvalue weighted by molar-refractivity contribution is 5.30. The average molecular weight is 246 g/mol. The monoisotopic (exact) mass is 246 g/mol. The van der Waals surface area contributed by atoms with E-state index in [9.17, 15) is 5.11 Å². The third-order valence-electron chi connectivity index (χ3n) is 3.00. The van der Waals surface area contributed by atoms with Gasteiger partial charge in [-0.15, -0.1) is 0 Å². The van der Waals surface area contributed by atoms with Crippen LogP contribution in [0, 0.1) is 0 Å². The lowest BCUT2D eigenvalue weighted by Gasteiger charge is -2.12. The molecular formula is C14H18N2O2. The van der Waals surface area contributed by atoms with E-state index < -0.39 is 6.10 Å². The Morgan fingerprint density at radius 2 is 2.28 bits per heavy atom. The van der Waals surface area contributed by atoms with Crippen LogP contribution in [-0.4, -0.2) is 21.8 Å². The van der Waals surface area contributed by atoms with Crippen molar-refractivity contribution < 1.29 is 9.84 Å². The molecule has 1 unspecified atom stereocenters. The van der Waals surface area contributed by atoms with Gasteiger partial charge in [0, 0.05) is 25.4 Å². The molecule has 18 heavy (non-hydrogen) atoms. The summed E-state index contributed by atoms with van der Waals surface area (Å²) in [6, 6.07) is 7.49. The zero-order valence-electron chi connectivity index (χ0n) is 10.7. The number of rotatable bonds is 5. The quantitative estimate of drug-likeness (QED) is 0.879. The molecule has 1 atom stereocenters. The van der Waals surface area contributed by atoms with Crippen LogP contribution in [0.1, 0.15) is 24.4 Å². The van der Waals surface area contributed by atoms with Crippen LogP contribution < -0.4 is 4.74 Å². The molecule has 1 N–H and O–H groups in total. The van der Waals surface area contributed by atoms with Gasteiger partial charge < -0.3 is 14.4 Å². The van der Waals surface area contributed by atoms with Crippen molar-refractivity contribution >= 4 is 0 Å². The molecular weight excluding hydrogens is 228 g/mol. The third kappa shape index (κ3) is 2.71. The molecule has 0 fully saturated rings. The predicted octanol–water partition coefficient (Wildman–Crippen LogP) is 2.19. The van der Waals surface area contributed by atoms with Gasteiger partial charge in [0.1, 0.15) is 11.6 Å². The number of ether oxygens (including phenoxy) is 1. The number of imidazole rings is 1. The molecule has 1 heterocycles. The largest absolute Gasteiger partial charge is 0.497 e. The highest BCUT2D eigenvalue weighted by Gasteiger charge is 2.12. The molecule has 0 aliphatic heterocycles. The summed E-state index contributed by atoms with van der Waals surface area (Å²) in [6.45, 7) is 2.92. The fraction of sp³-hybridized carbons (Fsp3) is 0.357. The molecule has 96 valence electrons. The molecule has 0 bridgehead atoms. The Morgan fingerprint density at radius 1 is 1.44 bits per heavy atom. The summed E-state index contributed by atoms with van der Waals surface area (Å²) in [5.41, 5.74) is 0.847. The van der Waals surface area contributed by atoms with E-state index in [1.807, 2.05) is 35.0 Å². The number of benzene rings is 1. The number of hydrogen-bond acceptors (Lipinski definition) is 3. The first-order valence-corrected chi connectivity index (χ1v) is 6.06. The summed E-state index contributed by atoms with van der Waals surface area (Å²) in [7, 11) is 1.62. The van der Waals surface area contributed by atoms with Crippen LogP contribution in [0.3, 0.4) is 0 Å². The lowest BCUT2D eigenvalue weighted by Crippen LogP contribution is -2.08. The summed E-state index contributed by atoms with van der Waals surface area (Å²) in [5, 5.41) is 10.2. The van der Waals surface area contributed by atoms with E-state index in [0.29, 0.717) is 6.42 Å². The van der Waals surface area contributed by atoms with Crippen LogP contribution >= 0.6 is 0 Å². The lowest BCUT2D eigenvalue weighted by atomic mass is 10.1. The first kappa shape index (κ1) is 12.6. The standard InChI is InChI=1S/C14H18N2O2/c1-3-16-8-7-15-14(16)10-13(17)11-5-4-6-12(9-11)18-2/h4-9,13,17H,3,10H2,1-2H3. The number of hydrogen-bond donors (Lipinski definition) is 1. The summed E-state index contributed by atoms with van der Waals surface area (Å²) >= 11 is 0. The molecule has 0 saturated heterocycles. The minimum atomic E-state index is -0.562. The second kappa shape index (κ2) is 5.69. The van der Waals surface area contributed by atoms with Crippen molar-refractivity contribution in [3.8, 4) is 5.75 Å². The Labute approximate surface area is 107 Å². The SMILES string of the molecule is CCn1ccnc1CC(O)c1cccc(OC)c1. The van der Waals surface area contributed by atoms with Gasteiger partial charge in [-0.3, -0.25) is 0 Å². The highest BCUT2D eigenvalue weighted by Crippen LogP contribution is 2.21. The number of methoxy groups -OCH3 is 1. The normalized spacial score (nSPS) is 12.4. The molecule has 2 rings (SSSR count). The summed E-state index contributed by atoms with van der Waals surface area (Å²) in [4.78, 5) is 4.27. The van der Waals surface area contributed by atoms with Gasteiger partial charge in [-0.2, -0.15) is 0 Å². The molecule has 0 aliphatic rings. The Balaban J connectivity index is 2.13. The second-order valence-corrected chi connectivity index (χ2v) is 4.13. The van der Waals surface area contributed by atoms with E-state index in [1.54, 1.807) is 13.3 Å². The van der Waals surface area contributed by atoms with Crippen molar-refractivity contribution in [2.45, 2.75) is 26.0 Å². The Bertz CT molecular complexity index is 508. The van der Waals surface area contributed by atoms with Gasteiger partial charge in [0.2, 0.25) is 0 Å². The Morgan fingerprint density at radius 3 is 3.00 bits per heavy atom. The molecule has 2 aromatic rings. The van der Waals surface area contributed by atoms with Crippen molar-refractivity contribution in [2.75, 3.05) is 7.11 Å². The van der Waals surface area contributed by atoms with Crippen LogP contribution in [-0.2, 0) is 13.0 Å². The molecule has 0 amide bonds. The molecule has 0 aliphatic carbocycles. The van der Waals surface area contributed by atoms with Crippen LogP contribution in [0.2, 0.25) is 0 Å². The Kier molecular flexibility index (Phi) is 3.99. The van der Waals surface area contributed by atoms with Crippen molar-refractivity contribution in [3.05, 3.63) is 48.0 Å². The van der Waals surface area contributed by atoms with E-state index in [0.717, 1.165) is 23.7 Å². The predicted molar refractivity (Wildman–Crippen MR) is 69.6 cm³/mol. The minimum absolute atomic E-state index is 0.508. The number of aliphatic hydroxyl groups excluding tert-OH is 1. The van der Waals surface area contributed by atoms with Crippen molar-refractivity contribution in [3.63, 3.8) is 0 Å². The summed E-state index contributed by atoms with van der Waals surface area (Å²) in [5.74, 6) is 1.65. The molecule has 1 aromatic heterocycles. The molecule has 0 saturated carbocycles. The topological polar surface area (TPSA) is 47.3 Å². The minimum Gasteiger partial charge on any atom is -0.497 e. The van der Waals surface area contributed by atoms with Crippen LogP contribution in [0.25, 0.3) is 0 Å². The van der Waals surface area contributed by atoms with E-state index in [1.165, 1.54) is 0 Å². The first-order chi connectivity index (χ1) is 8.74. The van der Waals surface area contributed by atoms with Gasteiger partial charge in [0.15, 0.2) is 0 Å². The Hall–Kier alpha value is -1.81. The highest BCUT2D eigenvalue weighted by atomic mass is 16.5. The second-order valence-electron chi connectivity index (χ2n) is 4.13. The fourth-order valence-corrected chi connectivity index (χ4v) is 1.96. The van der Waals surface area contributed by atoms with Gasteiger partial charge in [0.05, 0.1) is 13.2 Å². The molecule has 0 radical (unpaired) electrons. The van der Waals surface area contributed by atoms with Gasteiger partial charge >= 0.3 is 0 Å². The third-order valence-corrected chi connectivity index (χ3v) is 3.00. The maximum absolute atomic E-state index is 10.2. The van der Waals surface area contributed by atoms with Gasteiger partial charge in [-0.05, 0) is 24.6 Å². The van der Waals surface area contributed by atoms with Crippen molar-refractivity contribution in [2.24, 2.45) is 0 Å². The smallest absolute Gasteiger partial charge is 0.119 e. The van der Waals surface area contributed by atoms with E-state index >= 15 is 0 Å². The molecule has 1 aromatic carbocycles. The summed E-state index contributed by atoms with van der Waals surface area (Å²) < 4.78 is 7.18. The van der Waals surface area contributed by atoms with E-state index in [4.69, 9.17) is 4.74 Å². The maximum Gasteiger partial charge on any atom is 0.119 e. The van der Waals surface area contributed by atoms with Gasteiger partial charge in [-0.25, -0.2) is 4.98 Å². The lowest BCUT2D eigenvalue weighted by molar-refractivity contribution is 0.174. The number of aryl methyl sites for hydroxylation is 1. The van der Waals surface area contributed by atoms with Crippen LogP contribution in [0.15, 0.2) is 36.7 Å². The maximum atomic E-state index is 10.2. The average Bonchev–Trinajstić information content (AvgIpc) is 2.86. The van der Waals surface area contributed by atoms with Gasteiger partial charge in [0.25, 0.3) is 0 Å². The summed E-state index contributed by atoms with van der Waals surface area (Å²) in [6.07, 6.45) is 3.63. The first-order valence-electron chi connectivity index (χ1n) is 6.06. The molecule has 4 nitrogen and oxygen atoms in total. The fourth-order valence-electron chi connectivity index (χ4n) is 1.96. The van der Waals surface area contributed by atoms with Gasteiger partial charge in [-0.1, -0.05) is 12.1 Å². The van der Waals surface area contributed by atoms with Crippen LogP contribution in [0.4, 0.5) is 0 Å².